The zero-order valence-electron chi connectivity index (χ0n) is 11.8. The Morgan fingerprint density at radius 3 is 2.50 bits per heavy atom. The van der Waals surface area contributed by atoms with E-state index >= 15 is 0 Å². The van der Waals surface area contributed by atoms with Gasteiger partial charge in [-0.2, -0.15) is 16.9 Å². The second kappa shape index (κ2) is 6.76. The van der Waals surface area contributed by atoms with Crippen LogP contribution in [0.15, 0.2) is 23.1 Å². The zero-order chi connectivity index (χ0) is 13.8. The molecule has 0 aromatic carbocycles. The van der Waals surface area contributed by atoms with Crippen molar-refractivity contribution in [2.75, 3.05) is 11.5 Å². The molecule has 5 heteroatoms. The average Bonchev–Trinajstić information content (AvgIpc) is 2.50. The molecule has 1 N–H and O–H groups in total. The van der Waals surface area contributed by atoms with Gasteiger partial charge in [-0.15, -0.1) is 0 Å². The normalized spacial score (nSPS) is 28.4. The van der Waals surface area contributed by atoms with Crippen LogP contribution in [0.5, 0.6) is 0 Å². The minimum absolute atomic E-state index is 0.0354. The first-order valence-electron chi connectivity index (χ1n) is 7.70. The Morgan fingerprint density at radius 2 is 1.80 bits per heavy atom. The molecule has 2 aliphatic rings. The van der Waals surface area contributed by atoms with Crippen LogP contribution >= 0.6 is 11.8 Å². The number of hydrogen-bond donors (Lipinski definition) is 1. The van der Waals surface area contributed by atoms with Crippen LogP contribution in [0.2, 0.25) is 0 Å². The maximum absolute atomic E-state index is 11.8. The Kier molecular flexibility index (Phi) is 4.78. The van der Waals surface area contributed by atoms with Crippen LogP contribution < -0.4 is 10.9 Å². The van der Waals surface area contributed by atoms with Gasteiger partial charge in [0.15, 0.2) is 0 Å². The van der Waals surface area contributed by atoms with Gasteiger partial charge in [0.2, 0.25) is 0 Å². The van der Waals surface area contributed by atoms with E-state index in [2.05, 4.69) is 22.2 Å². The highest BCUT2D eigenvalue weighted by Crippen LogP contribution is 2.28. The van der Waals surface area contributed by atoms with Crippen LogP contribution in [0.1, 0.15) is 44.6 Å². The molecular weight excluding hydrogens is 270 g/mol. The van der Waals surface area contributed by atoms with Crippen molar-refractivity contribution in [2.24, 2.45) is 0 Å². The first-order valence-corrected chi connectivity index (χ1v) is 8.86. The van der Waals surface area contributed by atoms with Gasteiger partial charge in [-0.25, -0.2) is 4.68 Å². The molecule has 0 spiro atoms. The van der Waals surface area contributed by atoms with Crippen molar-refractivity contribution in [3.63, 3.8) is 0 Å². The zero-order valence-corrected chi connectivity index (χ0v) is 12.6. The molecule has 1 aromatic heterocycles. The quantitative estimate of drug-likeness (QED) is 0.928. The number of thioether (sulfide) groups is 1. The number of hydrogen-bond acceptors (Lipinski definition) is 4. The highest BCUT2D eigenvalue weighted by Gasteiger charge is 2.25. The lowest BCUT2D eigenvalue weighted by atomic mass is 9.90. The lowest BCUT2D eigenvalue weighted by Gasteiger charge is -2.33. The van der Waals surface area contributed by atoms with Crippen molar-refractivity contribution in [3.8, 4) is 0 Å². The fourth-order valence-corrected chi connectivity index (χ4v) is 4.43. The van der Waals surface area contributed by atoms with Gasteiger partial charge in [0.1, 0.15) is 0 Å². The molecule has 2 heterocycles. The lowest BCUT2D eigenvalue weighted by molar-refractivity contribution is 0.252. The van der Waals surface area contributed by atoms with Crippen LogP contribution in [0.25, 0.3) is 0 Å². The molecule has 1 aliphatic carbocycles. The molecule has 0 atom stereocenters. The number of aromatic nitrogens is 2. The summed E-state index contributed by atoms with van der Waals surface area (Å²) in [5.74, 6) is 2.60. The van der Waals surface area contributed by atoms with E-state index in [1.165, 1.54) is 24.3 Å². The summed E-state index contributed by atoms with van der Waals surface area (Å²) in [5.41, 5.74) is 0.0354. The van der Waals surface area contributed by atoms with E-state index in [9.17, 15) is 4.79 Å². The highest BCUT2D eigenvalue weighted by atomic mass is 32.2. The number of nitrogens with zero attached hydrogens (tertiary/aromatic N) is 2. The Morgan fingerprint density at radius 1 is 1.10 bits per heavy atom. The van der Waals surface area contributed by atoms with Crippen LogP contribution in [0, 0.1) is 0 Å². The molecule has 0 amide bonds. The molecule has 20 heavy (non-hydrogen) atoms. The van der Waals surface area contributed by atoms with Crippen molar-refractivity contribution in [1.29, 1.82) is 0 Å². The summed E-state index contributed by atoms with van der Waals surface area (Å²) in [4.78, 5) is 11.8. The van der Waals surface area contributed by atoms with E-state index in [0.717, 1.165) is 31.7 Å². The van der Waals surface area contributed by atoms with Gasteiger partial charge in [-0.3, -0.25) is 4.79 Å². The van der Waals surface area contributed by atoms with Gasteiger partial charge in [-0.05, 0) is 56.1 Å². The van der Waals surface area contributed by atoms with Crippen molar-refractivity contribution in [2.45, 2.75) is 56.7 Å². The first kappa shape index (κ1) is 14.1. The largest absolute Gasteiger partial charge is 0.311 e. The third-order valence-electron chi connectivity index (χ3n) is 4.48. The van der Waals surface area contributed by atoms with Gasteiger partial charge in [-0.1, -0.05) is 0 Å². The van der Waals surface area contributed by atoms with Crippen molar-refractivity contribution < 1.29 is 0 Å². The third kappa shape index (κ3) is 3.44. The van der Waals surface area contributed by atoms with Crippen molar-refractivity contribution >= 4 is 11.8 Å². The summed E-state index contributed by atoms with van der Waals surface area (Å²) in [6.45, 7) is 0. The molecule has 3 rings (SSSR count). The molecule has 110 valence electrons. The summed E-state index contributed by atoms with van der Waals surface area (Å²) in [6.07, 6.45) is 8.79. The van der Waals surface area contributed by atoms with Crippen LogP contribution in [0.3, 0.4) is 0 Å². The summed E-state index contributed by atoms with van der Waals surface area (Å²) in [5, 5.41) is 8.05. The SMILES string of the molecule is O=c1cccnn1C1CCC(NC2CCSCC2)CC1. The van der Waals surface area contributed by atoms with E-state index in [-0.39, 0.29) is 5.56 Å². The minimum Gasteiger partial charge on any atom is -0.311 e. The number of nitrogens with one attached hydrogen (secondary N) is 1. The molecule has 0 unspecified atom stereocenters. The fourth-order valence-electron chi connectivity index (χ4n) is 3.33. The predicted octanol–water partition coefficient (Wildman–Crippen LogP) is 2.21. The summed E-state index contributed by atoms with van der Waals surface area (Å²) >= 11 is 2.07. The highest BCUT2D eigenvalue weighted by molar-refractivity contribution is 7.99. The van der Waals surface area contributed by atoms with E-state index < -0.39 is 0 Å². The molecule has 0 radical (unpaired) electrons. The lowest BCUT2D eigenvalue weighted by Crippen LogP contribution is -2.43. The standard InChI is InChI=1S/C15H23N3OS/c19-15-2-1-9-16-18(15)14-5-3-12(4-6-14)17-13-7-10-20-11-8-13/h1-2,9,12-14,17H,3-8,10-11H2. The molecule has 4 nitrogen and oxygen atoms in total. The maximum atomic E-state index is 11.8. The summed E-state index contributed by atoms with van der Waals surface area (Å²) in [6, 6.07) is 4.97. The Bertz CT molecular complexity index is 476. The smallest absolute Gasteiger partial charge is 0.266 e. The summed E-state index contributed by atoms with van der Waals surface area (Å²) < 4.78 is 1.67. The van der Waals surface area contributed by atoms with Crippen LogP contribution in [-0.2, 0) is 0 Å². The third-order valence-corrected chi connectivity index (χ3v) is 5.53. The molecule has 1 aromatic rings. The molecule has 1 aliphatic heterocycles. The minimum atomic E-state index is 0.0354. The summed E-state index contributed by atoms with van der Waals surface area (Å²) in [7, 11) is 0. The van der Waals surface area contributed by atoms with E-state index in [4.69, 9.17) is 0 Å². The van der Waals surface area contributed by atoms with Gasteiger partial charge < -0.3 is 5.32 Å². The Hall–Kier alpha value is -0.810. The fraction of sp³-hybridized carbons (Fsp3) is 0.733. The topological polar surface area (TPSA) is 46.9 Å². The molecule has 1 saturated heterocycles. The van der Waals surface area contributed by atoms with E-state index in [1.807, 2.05) is 0 Å². The van der Waals surface area contributed by atoms with Crippen molar-refractivity contribution in [3.05, 3.63) is 28.7 Å². The van der Waals surface area contributed by atoms with Gasteiger partial charge >= 0.3 is 0 Å². The van der Waals surface area contributed by atoms with Crippen LogP contribution in [-0.4, -0.2) is 33.4 Å². The second-order valence-corrected chi connectivity index (χ2v) is 7.09. The van der Waals surface area contributed by atoms with Gasteiger partial charge in [0, 0.05) is 24.3 Å². The predicted molar refractivity (Wildman–Crippen MR) is 83.3 cm³/mol. The first-order chi connectivity index (χ1) is 9.83. The molecule has 2 fully saturated rings. The van der Waals surface area contributed by atoms with E-state index in [0.29, 0.717) is 12.1 Å². The molecule has 1 saturated carbocycles. The monoisotopic (exact) mass is 293 g/mol. The van der Waals surface area contributed by atoms with Crippen molar-refractivity contribution in [1.82, 2.24) is 15.1 Å². The van der Waals surface area contributed by atoms with Gasteiger partial charge in [0.05, 0.1) is 6.04 Å². The maximum Gasteiger partial charge on any atom is 0.266 e. The Balaban J connectivity index is 1.52. The average molecular weight is 293 g/mol. The molecule has 0 bridgehead atoms. The second-order valence-electron chi connectivity index (χ2n) is 5.87. The Labute approximate surface area is 124 Å². The van der Waals surface area contributed by atoms with Crippen LogP contribution in [0.4, 0.5) is 0 Å². The number of rotatable bonds is 3. The van der Waals surface area contributed by atoms with E-state index in [1.54, 1.807) is 23.0 Å². The van der Waals surface area contributed by atoms with Gasteiger partial charge in [0.25, 0.3) is 5.56 Å². The molecular formula is C15H23N3OS.